The summed E-state index contributed by atoms with van der Waals surface area (Å²) in [5.74, 6) is 1.25. The van der Waals surface area contributed by atoms with Gasteiger partial charge >= 0.3 is 0 Å². The fraction of sp³-hybridized carbons (Fsp3) is 0.769. The van der Waals surface area contributed by atoms with Gasteiger partial charge in [0.2, 0.25) is 0 Å². The third kappa shape index (κ3) is 3.51. The van der Waals surface area contributed by atoms with Crippen molar-refractivity contribution in [1.29, 1.82) is 0 Å². The molecule has 6 heteroatoms. The van der Waals surface area contributed by atoms with Crippen LogP contribution in [0, 0.1) is 0 Å². The topological polar surface area (TPSA) is 60.6 Å². The lowest BCUT2D eigenvalue weighted by atomic mass is 10.1. The molecule has 5 nitrogen and oxygen atoms in total. The maximum atomic E-state index is 5.89. The fourth-order valence-corrected chi connectivity index (χ4v) is 3.10. The van der Waals surface area contributed by atoms with Crippen molar-refractivity contribution in [2.45, 2.75) is 45.8 Å². The molecule has 2 rings (SSSR count). The molecule has 0 unspecified atom stereocenters. The number of hydrogen-bond acceptors (Lipinski definition) is 6. The van der Waals surface area contributed by atoms with Gasteiger partial charge in [-0.2, -0.15) is 4.37 Å². The molecule has 2 N–H and O–H groups in total. The van der Waals surface area contributed by atoms with Gasteiger partial charge in [0.15, 0.2) is 16.6 Å². The van der Waals surface area contributed by atoms with Crippen LogP contribution >= 0.6 is 11.5 Å². The molecular formula is C13H23N3O2S. The summed E-state index contributed by atoms with van der Waals surface area (Å²) in [7, 11) is 0. The maximum Gasteiger partial charge on any atom is 0.198 e. The molecule has 0 bridgehead atoms. The van der Waals surface area contributed by atoms with Crippen LogP contribution in [-0.4, -0.2) is 36.3 Å². The first-order valence-electron chi connectivity index (χ1n) is 6.90. The first-order valence-corrected chi connectivity index (χ1v) is 7.67. The molecule has 1 aliphatic rings. The van der Waals surface area contributed by atoms with Crippen molar-refractivity contribution in [1.82, 2.24) is 4.37 Å². The Bertz CT molecular complexity index is 401. The molecule has 0 aromatic carbocycles. The number of hydrogen-bond donors (Lipinski definition) is 1. The van der Waals surface area contributed by atoms with Crippen molar-refractivity contribution in [3.05, 3.63) is 0 Å². The Kier molecular flexibility index (Phi) is 4.87. The highest BCUT2D eigenvalue weighted by Crippen LogP contribution is 2.40. The van der Waals surface area contributed by atoms with Gasteiger partial charge in [-0.15, -0.1) is 0 Å². The van der Waals surface area contributed by atoms with Gasteiger partial charge < -0.3 is 20.1 Å². The van der Waals surface area contributed by atoms with Gasteiger partial charge in [-0.05, 0) is 45.1 Å². The van der Waals surface area contributed by atoms with Crippen LogP contribution in [0.2, 0.25) is 0 Å². The van der Waals surface area contributed by atoms with Crippen LogP contribution in [0.3, 0.4) is 0 Å². The molecule has 0 saturated carbocycles. The number of anilines is 2. The van der Waals surface area contributed by atoms with E-state index in [0.717, 1.165) is 43.3 Å². The number of nitrogens with two attached hydrogens (primary N) is 1. The Morgan fingerprint density at radius 3 is 2.68 bits per heavy atom. The van der Waals surface area contributed by atoms with Crippen LogP contribution in [0.25, 0.3) is 0 Å². The van der Waals surface area contributed by atoms with E-state index in [9.17, 15) is 0 Å². The first-order chi connectivity index (χ1) is 9.11. The summed E-state index contributed by atoms with van der Waals surface area (Å²) in [5.41, 5.74) is 5.89. The average Bonchev–Trinajstić information content (AvgIpc) is 2.72. The number of piperidine rings is 1. The van der Waals surface area contributed by atoms with Crippen LogP contribution in [-0.2, 0) is 4.74 Å². The van der Waals surface area contributed by atoms with Crippen molar-refractivity contribution in [3.8, 4) is 5.75 Å². The third-order valence-electron chi connectivity index (χ3n) is 3.14. The lowest BCUT2D eigenvalue weighted by molar-refractivity contribution is 0.0459. The highest BCUT2D eigenvalue weighted by molar-refractivity contribution is 7.11. The Hall–Kier alpha value is -1.01. The van der Waals surface area contributed by atoms with E-state index in [-0.39, 0.29) is 6.10 Å². The molecule has 1 aromatic rings. The fourth-order valence-electron chi connectivity index (χ4n) is 2.29. The second kappa shape index (κ2) is 6.43. The summed E-state index contributed by atoms with van der Waals surface area (Å²) in [6.45, 7) is 8.79. The summed E-state index contributed by atoms with van der Waals surface area (Å²) >= 11 is 1.42. The normalized spacial score (nSPS) is 17.2. The molecule has 1 fully saturated rings. The molecule has 0 spiro atoms. The zero-order valence-electron chi connectivity index (χ0n) is 11.9. The summed E-state index contributed by atoms with van der Waals surface area (Å²) in [6.07, 6.45) is 2.60. The molecule has 0 atom stereocenters. The first kappa shape index (κ1) is 14.4. The van der Waals surface area contributed by atoms with Gasteiger partial charge in [-0.1, -0.05) is 0 Å². The molecule has 108 valence electrons. The molecule has 1 saturated heterocycles. The SMILES string of the molecule is CCOC1CCN(c2snc(N)c2OC(C)C)CC1. The van der Waals surface area contributed by atoms with E-state index in [2.05, 4.69) is 9.27 Å². The molecule has 0 amide bonds. The molecule has 0 radical (unpaired) electrons. The van der Waals surface area contributed by atoms with Crippen molar-refractivity contribution in [2.75, 3.05) is 30.3 Å². The molecular weight excluding hydrogens is 262 g/mol. The molecule has 2 heterocycles. The highest BCUT2D eigenvalue weighted by atomic mass is 32.1. The van der Waals surface area contributed by atoms with Crippen LogP contribution < -0.4 is 15.4 Å². The average molecular weight is 285 g/mol. The van der Waals surface area contributed by atoms with Crippen molar-refractivity contribution < 1.29 is 9.47 Å². The van der Waals surface area contributed by atoms with E-state index >= 15 is 0 Å². The number of ether oxygens (including phenoxy) is 2. The maximum absolute atomic E-state index is 5.89. The van der Waals surface area contributed by atoms with Gasteiger partial charge in [0, 0.05) is 19.7 Å². The Morgan fingerprint density at radius 2 is 2.11 bits per heavy atom. The van der Waals surface area contributed by atoms with Crippen molar-refractivity contribution >= 4 is 22.4 Å². The molecule has 1 aromatic heterocycles. The van der Waals surface area contributed by atoms with Crippen LogP contribution in [0.1, 0.15) is 33.6 Å². The zero-order valence-corrected chi connectivity index (χ0v) is 12.7. The second-order valence-corrected chi connectivity index (χ2v) is 5.76. The van der Waals surface area contributed by atoms with E-state index in [4.69, 9.17) is 15.2 Å². The van der Waals surface area contributed by atoms with Gasteiger partial charge in [0.05, 0.1) is 12.2 Å². The van der Waals surface area contributed by atoms with E-state index in [0.29, 0.717) is 11.9 Å². The van der Waals surface area contributed by atoms with Crippen LogP contribution in [0.5, 0.6) is 5.75 Å². The smallest absolute Gasteiger partial charge is 0.198 e. The molecule has 1 aliphatic heterocycles. The largest absolute Gasteiger partial charge is 0.484 e. The number of aromatic nitrogens is 1. The summed E-state index contributed by atoms with van der Waals surface area (Å²) in [4.78, 5) is 2.31. The van der Waals surface area contributed by atoms with Gasteiger partial charge in [-0.25, -0.2) is 0 Å². The standard InChI is InChI=1S/C13H23N3O2S/c1-4-17-10-5-7-16(8-6-10)13-11(18-9(2)3)12(14)15-19-13/h9-10H,4-8H2,1-3H3,(H2,14,15). The van der Waals surface area contributed by atoms with Crippen LogP contribution in [0.4, 0.5) is 10.8 Å². The van der Waals surface area contributed by atoms with Crippen molar-refractivity contribution in [2.24, 2.45) is 0 Å². The minimum atomic E-state index is 0.110. The van der Waals surface area contributed by atoms with Gasteiger partial charge in [0.1, 0.15) is 0 Å². The number of nitrogens with zero attached hydrogens (tertiary/aromatic N) is 2. The predicted molar refractivity (Wildman–Crippen MR) is 79.2 cm³/mol. The predicted octanol–water partition coefficient (Wildman–Crippen LogP) is 2.52. The zero-order chi connectivity index (χ0) is 13.8. The second-order valence-electron chi connectivity index (χ2n) is 5.01. The van der Waals surface area contributed by atoms with E-state index < -0.39 is 0 Å². The Morgan fingerprint density at radius 1 is 1.42 bits per heavy atom. The Labute approximate surface area is 118 Å². The Balaban J connectivity index is 2.03. The lowest BCUT2D eigenvalue weighted by Crippen LogP contribution is -2.36. The summed E-state index contributed by atoms with van der Waals surface area (Å²) in [6, 6.07) is 0. The quantitative estimate of drug-likeness (QED) is 0.900. The number of nitrogen functional groups attached to an aromatic ring is 1. The highest BCUT2D eigenvalue weighted by Gasteiger charge is 2.25. The van der Waals surface area contributed by atoms with E-state index in [1.54, 1.807) is 0 Å². The summed E-state index contributed by atoms with van der Waals surface area (Å²) in [5, 5.41) is 1.06. The van der Waals surface area contributed by atoms with E-state index in [1.165, 1.54) is 11.5 Å². The monoisotopic (exact) mass is 285 g/mol. The van der Waals surface area contributed by atoms with Crippen molar-refractivity contribution in [3.63, 3.8) is 0 Å². The van der Waals surface area contributed by atoms with Gasteiger partial charge in [-0.3, -0.25) is 0 Å². The van der Waals surface area contributed by atoms with Gasteiger partial charge in [0.25, 0.3) is 0 Å². The third-order valence-corrected chi connectivity index (χ3v) is 4.05. The van der Waals surface area contributed by atoms with E-state index in [1.807, 2.05) is 20.8 Å². The minimum Gasteiger partial charge on any atom is -0.484 e. The number of rotatable bonds is 5. The molecule has 0 aliphatic carbocycles. The molecule has 19 heavy (non-hydrogen) atoms. The van der Waals surface area contributed by atoms with Crippen LogP contribution in [0.15, 0.2) is 0 Å². The minimum absolute atomic E-state index is 0.110. The summed E-state index contributed by atoms with van der Waals surface area (Å²) < 4.78 is 15.7. The lowest BCUT2D eigenvalue weighted by Gasteiger charge is -2.32.